The number of imidazole rings is 1. The molecule has 130 valence electrons. The number of fused-ring (bicyclic) bond motifs is 1. The van der Waals surface area contributed by atoms with Crippen LogP contribution in [0, 0.1) is 0 Å². The fourth-order valence-electron chi connectivity index (χ4n) is 3.34. The second kappa shape index (κ2) is 6.23. The van der Waals surface area contributed by atoms with Gasteiger partial charge in [-0.1, -0.05) is 0 Å². The van der Waals surface area contributed by atoms with Crippen LogP contribution in [0.3, 0.4) is 0 Å². The van der Waals surface area contributed by atoms with Crippen LogP contribution in [0.15, 0.2) is 15.9 Å². The van der Waals surface area contributed by atoms with E-state index in [1.165, 1.54) is 10.9 Å². The molecule has 1 atom stereocenters. The Morgan fingerprint density at radius 2 is 2.08 bits per heavy atom. The highest BCUT2D eigenvalue weighted by Crippen LogP contribution is 2.16. The lowest BCUT2D eigenvalue weighted by molar-refractivity contribution is -0.135. The SMILES string of the molecule is Cn1cnc2c1c(=O)n(CC(=O)N1CCCCC1CN)c(=O)n2C. The zero-order chi connectivity index (χ0) is 17.4. The normalized spacial score (nSPS) is 18.3. The summed E-state index contributed by atoms with van der Waals surface area (Å²) in [6.45, 7) is 0.728. The molecule has 24 heavy (non-hydrogen) atoms. The lowest BCUT2D eigenvalue weighted by atomic mass is 10.0. The second-order valence-corrected chi connectivity index (χ2v) is 6.23. The van der Waals surface area contributed by atoms with Gasteiger partial charge >= 0.3 is 5.69 Å². The summed E-state index contributed by atoms with van der Waals surface area (Å²) in [4.78, 5) is 43.5. The predicted molar refractivity (Wildman–Crippen MR) is 88.6 cm³/mol. The van der Waals surface area contributed by atoms with Crippen molar-refractivity contribution in [3.63, 3.8) is 0 Å². The molecule has 0 aromatic carbocycles. The molecule has 2 aromatic rings. The Bertz CT molecular complexity index is 893. The standard InChI is InChI=1S/C15H22N6O3/c1-18-9-17-13-12(18)14(23)21(15(24)19(13)2)8-11(22)20-6-4-3-5-10(20)7-16/h9-10H,3-8,16H2,1-2H3. The number of nitrogens with zero attached hydrogens (tertiary/aromatic N) is 5. The van der Waals surface area contributed by atoms with Gasteiger partial charge in [-0.3, -0.25) is 14.2 Å². The molecule has 0 saturated carbocycles. The number of carbonyl (C=O) groups excluding carboxylic acids is 1. The zero-order valence-corrected chi connectivity index (χ0v) is 13.9. The minimum absolute atomic E-state index is 0.0220. The quantitative estimate of drug-likeness (QED) is 0.756. The first-order valence-corrected chi connectivity index (χ1v) is 8.06. The molecule has 0 radical (unpaired) electrons. The highest BCUT2D eigenvalue weighted by atomic mass is 16.2. The van der Waals surface area contributed by atoms with Gasteiger partial charge < -0.3 is 15.2 Å². The second-order valence-electron chi connectivity index (χ2n) is 6.23. The average molecular weight is 334 g/mol. The Morgan fingerprint density at radius 1 is 1.33 bits per heavy atom. The first-order valence-electron chi connectivity index (χ1n) is 8.06. The van der Waals surface area contributed by atoms with Crippen LogP contribution < -0.4 is 17.0 Å². The minimum atomic E-state index is -0.541. The third kappa shape index (κ3) is 2.54. The Hall–Kier alpha value is -2.42. The van der Waals surface area contributed by atoms with Gasteiger partial charge in [0, 0.05) is 33.2 Å². The van der Waals surface area contributed by atoms with E-state index in [0.717, 1.165) is 23.8 Å². The van der Waals surface area contributed by atoms with Gasteiger partial charge in [0.05, 0.1) is 6.33 Å². The highest BCUT2D eigenvalue weighted by Gasteiger charge is 2.27. The molecule has 2 aromatic heterocycles. The lowest BCUT2D eigenvalue weighted by Crippen LogP contribution is -2.51. The molecule has 1 saturated heterocycles. The molecular formula is C15H22N6O3. The van der Waals surface area contributed by atoms with Crippen molar-refractivity contribution in [3.05, 3.63) is 27.2 Å². The van der Waals surface area contributed by atoms with Gasteiger partial charge in [0.15, 0.2) is 11.2 Å². The third-order valence-electron chi connectivity index (χ3n) is 4.71. The van der Waals surface area contributed by atoms with E-state index < -0.39 is 11.2 Å². The van der Waals surface area contributed by atoms with E-state index in [2.05, 4.69) is 4.98 Å². The fourth-order valence-corrected chi connectivity index (χ4v) is 3.34. The highest BCUT2D eigenvalue weighted by molar-refractivity contribution is 5.77. The maximum absolute atomic E-state index is 12.7. The number of amides is 1. The largest absolute Gasteiger partial charge is 0.337 e. The van der Waals surface area contributed by atoms with Gasteiger partial charge in [-0.15, -0.1) is 0 Å². The number of hydrogen-bond acceptors (Lipinski definition) is 5. The monoisotopic (exact) mass is 334 g/mol. The van der Waals surface area contributed by atoms with Gasteiger partial charge in [-0.2, -0.15) is 0 Å². The summed E-state index contributed by atoms with van der Waals surface area (Å²) in [6, 6.07) is -0.0220. The van der Waals surface area contributed by atoms with Crippen LogP contribution in [0.1, 0.15) is 19.3 Å². The van der Waals surface area contributed by atoms with E-state index in [1.807, 2.05) is 0 Å². The molecular weight excluding hydrogens is 312 g/mol. The summed E-state index contributed by atoms with van der Waals surface area (Å²) in [5.74, 6) is -0.245. The molecule has 1 unspecified atom stereocenters. The van der Waals surface area contributed by atoms with E-state index >= 15 is 0 Å². The first kappa shape index (κ1) is 16.4. The summed E-state index contributed by atoms with van der Waals surface area (Å²) >= 11 is 0. The van der Waals surface area contributed by atoms with Crippen molar-refractivity contribution in [2.45, 2.75) is 31.8 Å². The van der Waals surface area contributed by atoms with Gasteiger partial charge in [0.1, 0.15) is 6.54 Å². The fraction of sp³-hybridized carbons (Fsp3) is 0.600. The molecule has 1 amide bonds. The van der Waals surface area contributed by atoms with Crippen LogP contribution in [0.5, 0.6) is 0 Å². The Morgan fingerprint density at radius 3 is 2.79 bits per heavy atom. The number of nitrogens with two attached hydrogens (primary N) is 1. The van der Waals surface area contributed by atoms with E-state index in [9.17, 15) is 14.4 Å². The number of aryl methyl sites for hydroxylation is 2. The number of hydrogen-bond donors (Lipinski definition) is 1. The maximum atomic E-state index is 12.7. The molecule has 9 heteroatoms. The summed E-state index contributed by atoms with van der Waals surface area (Å²) in [5, 5.41) is 0. The van der Waals surface area contributed by atoms with Crippen LogP contribution in [0.4, 0.5) is 0 Å². The topological polar surface area (TPSA) is 108 Å². The summed E-state index contributed by atoms with van der Waals surface area (Å²) in [5.41, 5.74) is 5.33. The van der Waals surface area contributed by atoms with E-state index in [1.54, 1.807) is 23.6 Å². The molecule has 3 rings (SSSR count). The molecule has 1 fully saturated rings. The zero-order valence-electron chi connectivity index (χ0n) is 13.9. The van der Waals surface area contributed by atoms with Crippen LogP contribution in [-0.2, 0) is 25.4 Å². The molecule has 1 aliphatic rings. The van der Waals surface area contributed by atoms with Crippen LogP contribution in [0.25, 0.3) is 11.2 Å². The summed E-state index contributed by atoms with van der Waals surface area (Å²) < 4.78 is 3.83. The first-order chi connectivity index (χ1) is 11.5. The predicted octanol–water partition coefficient (Wildman–Crippen LogP) is -1.23. The molecule has 3 heterocycles. The number of aromatic nitrogens is 4. The van der Waals surface area contributed by atoms with Crippen molar-refractivity contribution >= 4 is 17.1 Å². The molecule has 1 aliphatic heterocycles. The summed E-state index contributed by atoms with van der Waals surface area (Å²) in [7, 11) is 3.23. The van der Waals surface area contributed by atoms with Crippen molar-refractivity contribution < 1.29 is 4.79 Å². The molecule has 0 bridgehead atoms. The van der Waals surface area contributed by atoms with Crippen LogP contribution in [0.2, 0.25) is 0 Å². The van der Waals surface area contributed by atoms with Crippen molar-refractivity contribution in [1.82, 2.24) is 23.6 Å². The number of piperidine rings is 1. The molecule has 0 aliphatic carbocycles. The van der Waals surface area contributed by atoms with Crippen molar-refractivity contribution in [1.29, 1.82) is 0 Å². The molecule has 0 spiro atoms. The van der Waals surface area contributed by atoms with Gasteiger partial charge in [0.25, 0.3) is 5.56 Å². The maximum Gasteiger partial charge on any atom is 0.332 e. The Balaban J connectivity index is 2.01. The Labute approximate surface area is 138 Å². The van der Waals surface area contributed by atoms with Crippen molar-refractivity contribution in [3.8, 4) is 0 Å². The van der Waals surface area contributed by atoms with Gasteiger partial charge in [-0.25, -0.2) is 14.3 Å². The van der Waals surface area contributed by atoms with Gasteiger partial charge in [0.2, 0.25) is 5.91 Å². The number of rotatable bonds is 3. The van der Waals surface area contributed by atoms with E-state index in [-0.39, 0.29) is 18.5 Å². The van der Waals surface area contributed by atoms with E-state index in [4.69, 9.17) is 5.73 Å². The number of likely N-dealkylation sites (tertiary alicyclic amines) is 1. The van der Waals surface area contributed by atoms with Gasteiger partial charge in [-0.05, 0) is 19.3 Å². The lowest BCUT2D eigenvalue weighted by Gasteiger charge is -2.35. The van der Waals surface area contributed by atoms with E-state index in [0.29, 0.717) is 24.3 Å². The smallest absolute Gasteiger partial charge is 0.332 e. The molecule has 9 nitrogen and oxygen atoms in total. The summed E-state index contributed by atoms with van der Waals surface area (Å²) in [6.07, 6.45) is 4.28. The van der Waals surface area contributed by atoms with Crippen LogP contribution in [-0.4, -0.2) is 48.6 Å². The number of carbonyl (C=O) groups is 1. The van der Waals surface area contributed by atoms with Crippen molar-refractivity contribution in [2.24, 2.45) is 19.8 Å². The minimum Gasteiger partial charge on any atom is -0.337 e. The average Bonchev–Trinajstić information content (AvgIpc) is 2.98. The van der Waals surface area contributed by atoms with Crippen molar-refractivity contribution in [2.75, 3.05) is 13.1 Å². The third-order valence-corrected chi connectivity index (χ3v) is 4.71. The molecule has 2 N–H and O–H groups in total. The van der Waals surface area contributed by atoms with Crippen LogP contribution >= 0.6 is 0 Å². The Kier molecular flexibility index (Phi) is 4.27.